The van der Waals surface area contributed by atoms with Crippen molar-refractivity contribution in [2.75, 3.05) is 7.05 Å². The van der Waals surface area contributed by atoms with Crippen LogP contribution in [0.15, 0.2) is 47.8 Å². The normalized spacial score (nSPS) is 14.9. The standard InChI is InChI=1S/C15H12ClF3N4O2S/c1-23(15(19,14(17)18)9-2-4-10(16)5-3-9)26(24,25)11-6-12-13(20-7-11)22-8-21-12/h2-8,14H,1H3,(H,20,21,22). The van der Waals surface area contributed by atoms with Crippen LogP contribution in [0.5, 0.6) is 0 Å². The highest BCUT2D eigenvalue weighted by atomic mass is 35.5. The first-order valence-electron chi connectivity index (χ1n) is 7.18. The summed E-state index contributed by atoms with van der Waals surface area (Å²) in [5.74, 6) is -3.59. The summed E-state index contributed by atoms with van der Waals surface area (Å²) in [5.41, 5.74) is -0.0318. The van der Waals surface area contributed by atoms with Crippen LogP contribution in [0.25, 0.3) is 11.2 Å². The van der Waals surface area contributed by atoms with Gasteiger partial charge in [0.2, 0.25) is 10.0 Å². The van der Waals surface area contributed by atoms with Crippen molar-refractivity contribution in [3.8, 4) is 0 Å². The first kappa shape index (κ1) is 18.6. The largest absolute Gasteiger partial charge is 0.343 e. The minimum Gasteiger partial charge on any atom is -0.343 e. The second-order valence-corrected chi connectivity index (χ2v) is 7.80. The van der Waals surface area contributed by atoms with Gasteiger partial charge in [0.1, 0.15) is 4.90 Å². The summed E-state index contributed by atoms with van der Waals surface area (Å²) < 4.78 is 68.0. The Hall–Kier alpha value is -2.17. The molecule has 0 saturated heterocycles. The summed E-state index contributed by atoms with van der Waals surface area (Å²) in [5, 5.41) is 0.199. The third kappa shape index (κ3) is 2.93. The zero-order valence-electron chi connectivity index (χ0n) is 13.2. The molecule has 138 valence electrons. The molecule has 26 heavy (non-hydrogen) atoms. The van der Waals surface area contributed by atoms with Gasteiger partial charge < -0.3 is 4.98 Å². The Morgan fingerprint density at radius 2 is 1.88 bits per heavy atom. The van der Waals surface area contributed by atoms with Gasteiger partial charge in [0.05, 0.1) is 11.8 Å². The maximum Gasteiger partial charge on any atom is 0.290 e. The quantitative estimate of drug-likeness (QED) is 0.662. The lowest BCUT2D eigenvalue weighted by atomic mass is 10.1. The van der Waals surface area contributed by atoms with E-state index in [2.05, 4.69) is 15.0 Å². The lowest BCUT2D eigenvalue weighted by molar-refractivity contribution is -0.104. The van der Waals surface area contributed by atoms with E-state index in [4.69, 9.17) is 11.6 Å². The van der Waals surface area contributed by atoms with Gasteiger partial charge in [-0.3, -0.25) is 0 Å². The van der Waals surface area contributed by atoms with Crippen LogP contribution in [0.3, 0.4) is 0 Å². The molecule has 0 aliphatic carbocycles. The second-order valence-electron chi connectivity index (χ2n) is 5.40. The topological polar surface area (TPSA) is 79.0 Å². The molecular weight excluding hydrogens is 393 g/mol. The van der Waals surface area contributed by atoms with Crippen molar-refractivity contribution in [1.82, 2.24) is 19.3 Å². The highest BCUT2D eigenvalue weighted by Gasteiger charge is 2.51. The Morgan fingerprint density at radius 3 is 2.50 bits per heavy atom. The first-order valence-corrected chi connectivity index (χ1v) is 9.00. The number of halogens is 4. The van der Waals surface area contributed by atoms with Gasteiger partial charge in [0, 0.05) is 23.8 Å². The molecule has 0 bridgehead atoms. The van der Waals surface area contributed by atoms with E-state index in [-0.39, 0.29) is 20.5 Å². The highest BCUT2D eigenvalue weighted by molar-refractivity contribution is 7.89. The summed E-state index contributed by atoms with van der Waals surface area (Å²) in [6.45, 7) is 0. The SMILES string of the molecule is CN(C(F)(c1ccc(Cl)cc1)C(F)F)S(=O)(=O)c1cnc2nc[nH]c2c1. The van der Waals surface area contributed by atoms with Crippen molar-refractivity contribution in [2.24, 2.45) is 0 Å². The van der Waals surface area contributed by atoms with E-state index in [1.807, 2.05) is 0 Å². The molecule has 2 aromatic heterocycles. The van der Waals surface area contributed by atoms with Crippen LogP contribution < -0.4 is 0 Å². The number of aromatic amines is 1. The Kier molecular flexibility index (Phi) is 4.67. The number of aromatic nitrogens is 3. The van der Waals surface area contributed by atoms with E-state index in [0.29, 0.717) is 0 Å². The number of hydrogen-bond acceptors (Lipinski definition) is 4. The third-order valence-corrected chi connectivity index (χ3v) is 5.96. The number of benzene rings is 1. The predicted molar refractivity (Wildman–Crippen MR) is 89.1 cm³/mol. The van der Waals surface area contributed by atoms with Gasteiger partial charge in [0.15, 0.2) is 5.65 Å². The number of hydrogen-bond donors (Lipinski definition) is 1. The summed E-state index contributed by atoms with van der Waals surface area (Å²) >= 11 is 5.69. The molecule has 0 fully saturated rings. The fourth-order valence-electron chi connectivity index (χ4n) is 2.41. The molecule has 2 heterocycles. The second kappa shape index (κ2) is 6.53. The lowest BCUT2D eigenvalue weighted by Crippen LogP contribution is -2.48. The van der Waals surface area contributed by atoms with Crippen molar-refractivity contribution in [1.29, 1.82) is 0 Å². The molecule has 11 heteroatoms. The molecule has 3 aromatic rings. The summed E-state index contributed by atoms with van der Waals surface area (Å²) in [7, 11) is -3.89. The van der Waals surface area contributed by atoms with E-state index in [1.165, 1.54) is 18.5 Å². The van der Waals surface area contributed by atoms with Crippen molar-refractivity contribution >= 4 is 32.8 Å². The van der Waals surface area contributed by atoms with Crippen LogP contribution in [-0.2, 0) is 15.8 Å². The van der Waals surface area contributed by atoms with Crippen LogP contribution in [0.4, 0.5) is 13.2 Å². The third-order valence-electron chi connectivity index (χ3n) is 3.90. The minimum absolute atomic E-state index is 0.00683. The Morgan fingerprint density at radius 1 is 1.23 bits per heavy atom. The number of fused-ring (bicyclic) bond motifs is 1. The molecule has 0 aliphatic rings. The van der Waals surface area contributed by atoms with Crippen LogP contribution in [0.2, 0.25) is 5.02 Å². The van der Waals surface area contributed by atoms with Crippen LogP contribution >= 0.6 is 11.6 Å². The molecule has 1 aromatic carbocycles. The zero-order chi connectivity index (χ0) is 19.1. The van der Waals surface area contributed by atoms with Gasteiger partial charge in [-0.25, -0.2) is 31.6 Å². The summed E-state index contributed by atoms with van der Waals surface area (Å²) in [6.07, 6.45) is -1.42. The molecular formula is C15H12ClF3N4O2S. The average Bonchev–Trinajstić information content (AvgIpc) is 3.08. The maximum absolute atomic E-state index is 15.3. The van der Waals surface area contributed by atoms with E-state index < -0.39 is 32.7 Å². The van der Waals surface area contributed by atoms with Gasteiger partial charge in [-0.15, -0.1) is 0 Å². The minimum atomic E-state index is -4.63. The Labute approximate surface area is 151 Å². The Bertz CT molecular complexity index is 1040. The maximum atomic E-state index is 15.3. The van der Waals surface area contributed by atoms with E-state index >= 15 is 4.39 Å². The van der Waals surface area contributed by atoms with Crippen molar-refractivity contribution in [2.45, 2.75) is 17.1 Å². The fourth-order valence-corrected chi connectivity index (χ4v) is 3.84. The van der Waals surface area contributed by atoms with Gasteiger partial charge in [-0.05, 0) is 18.2 Å². The molecule has 0 spiro atoms. The molecule has 0 radical (unpaired) electrons. The number of sulfonamides is 1. The zero-order valence-corrected chi connectivity index (χ0v) is 14.8. The average molecular weight is 405 g/mol. The predicted octanol–water partition coefficient (Wildman–Crippen LogP) is 3.32. The highest BCUT2D eigenvalue weighted by Crippen LogP contribution is 2.39. The number of imidazole rings is 1. The smallest absolute Gasteiger partial charge is 0.290 e. The van der Waals surface area contributed by atoms with Crippen LogP contribution in [0, 0.1) is 0 Å². The van der Waals surface area contributed by atoms with Crippen LogP contribution in [-0.4, -0.2) is 41.1 Å². The molecule has 0 amide bonds. The lowest BCUT2D eigenvalue weighted by Gasteiger charge is -2.33. The molecule has 3 rings (SSSR count). The molecule has 0 saturated carbocycles. The van der Waals surface area contributed by atoms with Crippen molar-refractivity contribution < 1.29 is 21.6 Å². The van der Waals surface area contributed by atoms with Gasteiger partial charge >= 0.3 is 0 Å². The molecule has 1 N–H and O–H groups in total. The number of nitrogens with one attached hydrogen (secondary N) is 1. The Balaban J connectivity index is 2.10. The number of nitrogens with zero attached hydrogens (tertiary/aromatic N) is 3. The molecule has 6 nitrogen and oxygen atoms in total. The van der Waals surface area contributed by atoms with Gasteiger partial charge in [-0.1, -0.05) is 23.7 Å². The van der Waals surface area contributed by atoms with Crippen molar-refractivity contribution in [3.05, 3.63) is 53.4 Å². The molecule has 1 atom stereocenters. The number of alkyl halides is 3. The van der Waals surface area contributed by atoms with Crippen molar-refractivity contribution in [3.63, 3.8) is 0 Å². The number of rotatable bonds is 5. The number of pyridine rings is 1. The van der Waals surface area contributed by atoms with E-state index in [1.54, 1.807) is 0 Å². The number of H-pyrrole nitrogens is 1. The van der Waals surface area contributed by atoms with E-state index in [9.17, 15) is 17.2 Å². The summed E-state index contributed by atoms with van der Waals surface area (Å²) in [4.78, 5) is 9.87. The van der Waals surface area contributed by atoms with E-state index in [0.717, 1.165) is 31.4 Å². The van der Waals surface area contributed by atoms with Gasteiger partial charge in [-0.2, -0.15) is 4.31 Å². The first-order chi connectivity index (χ1) is 12.2. The van der Waals surface area contributed by atoms with Crippen LogP contribution in [0.1, 0.15) is 5.56 Å². The summed E-state index contributed by atoms with van der Waals surface area (Å²) in [6, 6.07) is 5.57. The fraction of sp³-hybridized carbons (Fsp3) is 0.200. The molecule has 0 aliphatic heterocycles. The molecule has 1 unspecified atom stereocenters. The van der Waals surface area contributed by atoms with Gasteiger partial charge in [0.25, 0.3) is 12.2 Å². The monoisotopic (exact) mass is 404 g/mol.